The lowest BCUT2D eigenvalue weighted by atomic mass is 10.3. The van der Waals surface area contributed by atoms with Crippen molar-refractivity contribution in [2.75, 3.05) is 18.9 Å². The van der Waals surface area contributed by atoms with Crippen LogP contribution in [0.3, 0.4) is 0 Å². The van der Waals surface area contributed by atoms with Gasteiger partial charge in [0, 0.05) is 12.2 Å². The fourth-order valence-corrected chi connectivity index (χ4v) is 2.66. The van der Waals surface area contributed by atoms with E-state index in [4.69, 9.17) is 10.8 Å². The summed E-state index contributed by atoms with van der Waals surface area (Å²) in [5.41, 5.74) is 5.88. The summed E-state index contributed by atoms with van der Waals surface area (Å²) in [6.45, 7) is 0.0347. The van der Waals surface area contributed by atoms with E-state index in [1.165, 1.54) is 17.8 Å². The van der Waals surface area contributed by atoms with E-state index < -0.39 is 6.10 Å². The van der Waals surface area contributed by atoms with Crippen LogP contribution in [-0.4, -0.2) is 50.0 Å². The van der Waals surface area contributed by atoms with E-state index in [0.717, 1.165) is 0 Å². The molecule has 2 rings (SSSR count). The molecule has 1 aromatic heterocycles. The van der Waals surface area contributed by atoms with Crippen LogP contribution in [0.2, 0.25) is 0 Å². The van der Waals surface area contributed by atoms with Crippen LogP contribution < -0.4 is 5.73 Å². The van der Waals surface area contributed by atoms with Gasteiger partial charge in [0.2, 0.25) is 0 Å². The molecule has 9 heteroatoms. The standard InChI is InChI=1S/C13H17FN4O2S.ClH/c14-10-3-1-2-4-11(10)18-12(5-6-15)16-17-13(18)21-8-9(20)7-19;/h1-4,9,19-20H,5-8,15H2;1H/t9-;/m0./s1. The number of rotatable bonds is 7. The Morgan fingerprint density at radius 2 is 2.05 bits per heavy atom. The molecule has 0 fully saturated rings. The number of hydrogen-bond donors (Lipinski definition) is 3. The number of nitrogens with two attached hydrogens (primary N) is 1. The summed E-state index contributed by atoms with van der Waals surface area (Å²) in [6.07, 6.45) is -0.400. The van der Waals surface area contributed by atoms with Gasteiger partial charge in [-0.3, -0.25) is 4.57 Å². The summed E-state index contributed by atoms with van der Waals surface area (Å²) in [5.74, 6) is 0.412. The van der Waals surface area contributed by atoms with Crippen molar-refractivity contribution in [2.45, 2.75) is 17.7 Å². The van der Waals surface area contributed by atoms with Crippen molar-refractivity contribution in [3.63, 3.8) is 0 Å². The molecule has 0 bridgehead atoms. The van der Waals surface area contributed by atoms with E-state index in [2.05, 4.69) is 10.2 Å². The normalized spacial score (nSPS) is 12.0. The molecule has 0 spiro atoms. The predicted octanol–water partition coefficient (Wildman–Crippen LogP) is 0.775. The van der Waals surface area contributed by atoms with Crippen molar-refractivity contribution in [2.24, 2.45) is 5.73 Å². The summed E-state index contributed by atoms with van der Waals surface area (Å²) in [7, 11) is 0. The maximum Gasteiger partial charge on any atom is 0.196 e. The Balaban J connectivity index is 0.00000242. The first-order valence-electron chi connectivity index (χ1n) is 6.48. The Morgan fingerprint density at radius 1 is 1.32 bits per heavy atom. The second-order valence-corrected chi connectivity index (χ2v) is 5.36. The van der Waals surface area contributed by atoms with Crippen molar-refractivity contribution in [3.8, 4) is 5.69 Å². The van der Waals surface area contributed by atoms with Crippen molar-refractivity contribution in [1.82, 2.24) is 14.8 Å². The molecule has 0 saturated heterocycles. The Hall–Kier alpha value is -1.19. The molecule has 1 atom stereocenters. The van der Waals surface area contributed by atoms with Crippen LogP contribution in [0.5, 0.6) is 0 Å². The van der Waals surface area contributed by atoms with Gasteiger partial charge in [-0.05, 0) is 18.7 Å². The minimum absolute atomic E-state index is 0. The fourth-order valence-electron chi connectivity index (χ4n) is 1.78. The van der Waals surface area contributed by atoms with Gasteiger partial charge in [0.05, 0.1) is 18.4 Å². The SMILES string of the molecule is Cl.NCCc1nnc(SC[C@@H](O)CO)n1-c1ccccc1F. The molecular weight excluding hydrogens is 331 g/mol. The van der Waals surface area contributed by atoms with Gasteiger partial charge < -0.3 is 15.9 Å². The Morgan fingerprint density at radius 3 is 2.68 bits per heavy atom. The van der Waals surface area contributed by atoms with Crippen LogP contribution in [0.4, 0.5) is 4.39 Å². The van der Waals surface area contributed by atoms with Crippen molar-refractivity contribution >= 4 is 24.2 Å². The van der Waals surface area contributed by atoms with Crippen LogP contribution >= 0.6 is 24.2 Å². The number of nitrogens with zero attached hydrogens (tertiary/aromatic N) is 3. The van der Waals surface area contributed by atoms with Crippen LogP contribution in [0, 0.1) is 5.82 Å². The van der Waals surface area contributed by atoms with Gasteiger partial charge >= 0.3 is 0 Å². The van der Waals surface area contributed by atoms with Gasteiger partial charge in [-0.15, -0.1) is 22.6 Å². The Labute approximate surface area is 138 Å². The van der Waals surface area contributed by atoms with E-state index in [0.29, 0.717) is 29.6 Å². The van der Waals surface area contributed by atoms with Crippen molar-refractivity contribution in [1.29, 1.82) is 0 Å². The zero-order valence-electron chi connectivity index (χ0n) is 11.7. The van der Waals surface area contributed by atoms with E-state index in [-0.39, 0.29) is 30.6 Å². The fraction of sp³-hybridized carbons (Fsp3) is 0.385. The second-order valence-electron chi connectivity index (χ2n) is 4.37. The highest BCUT2D eigenvalue weighted by Crippen LogP contribution is 2.24. The van der Waals surface area contributed by atoms with E-state index in [1.54, 1.807) is 22.8 Å². The van der Waals surface area contributed by atoms with Crippen molar-refractivity contribution < 1.29 is 14.6 Å². The summed E-state index contributed by atoms with van der Waals surface area (Å²) in [5, 5.41) is 26.8. The zero-order valence-corrected chi connectivity index (χ0v) is 13.4. The third kappa shape index (κ3) is 4.40. The molecule has 0 amide bonds. The maximum atomic E-state index is 14.0. The molecule has 0 radical (unpaired) electrons. The first-order chi connectivity index (χ1) is 10.2. The average Bonchev–Trinajstić information content (AvgIpc) is 2.88. The number of benzene rings is 1. The van der Waals surface area contributed by atoms with Gasteiger partial charge in [0.25, 0.3) is 0 Å². The number of thioether (sulfide) groups is 1. The van der Waals surface area contributed by atoms with Gasteiger partial charge in [0.1, 0.15) is 11.6 Å². The highest BCUT2D eigenvalue weighted by Gasteiger charge is 2.17. The highest BCUT2D eigenvalue weighted by atomic mass is 35.5. The second kappa shape index (κ2) is 9.06. The van der Waals surface area contributed by atoms with Crippen molar-refractivity contribution in [3.05, 3.63) is 35.9 Å². The van der Waals surface area contributed by atoms with E-state index >= 15 is 0 Å². The third-order valence-corrected chi connectivity index (χ3v) is 3.85. The molecule has 22 heavy (non-hydrogen) atoms. The Bertz CT molecular complexity index is 599. The average molecular weight is 349 g/mol. The van der Waals surface area contributed by atoms with Gasteiger partial charge in [-0.1, -0.05) is 23.9 Å². The number of aliphatic hydroxyl groups is 2. The molecule has 2 aromatic rings. The number of halogens is 2. The summed E-state index contributed by atoms with van der Waals surface area (Å²) in [4.78, 5) is 0. The number of aromatic nitrogens is 3. The first kappa shape index (κ1) is 18.9. The largest absolute Gasteiger partial charge is 0.394 e. The van der Waals surface area contributed by atoms with Crippen LogP contribution in [0.15, 0.2) is 29.4 Å². The molecule has 1 aromatic carbocycles. The first-order valence-corrected chi connectivity index (χ1v) is 7.47. The van der Waals surface area contributed by atoms with Crippen LogP contribution in [-0.2, 0) is 6.42 Å². The molecule has 122 valence electrons. The number of para-hydroxylation sites is 1. The smallest absolute Gasteiger partial charge is 0.196 e. The molecule has 0 unspecified atom stereocenters. The lowest BCUT2D eigenvalue weighted by Crippen LogP contribution is -2.15. The lowest BCUT2D eigenvalue weighted by molar-refractivity contribution is 0.113. The zero-order chi connectivity index (χ0) is 15.2. The summed E-state index contributed by atoms with van der Waals surface area (Å²) >= 11 is 1.20. The lowest BCUT2D eigenvalue weighted by Gasteiger charge is -2.11. The maximum absolute atomic E-state index is 14.0. The molecule has 1 heterocycles. The van der Waals surface area contributed by atoms with Gasteiger partial charge in [0.15, 0.2) is 5.16 Å². The summed E-state index contributed by atoms with van der Waals surface area (Å²) in [6, 6.07) is 6.32. The minimum Gasteiger partial charge on any atom is -0.394 e. The molecule has 0 saturated carbocycles. The minimum atomic E-state index is -0.862. The van der Waals surface area contributed by atoms with Crippen LogP contribution in [0.1, 0.15) is 5.82 Å². The van der Waals surface area contributed by atoms with Crippen LogP contribution in [0.25, 0.3) is 5.69 Å². The molecule has 6 nitrogen and oxygen atoms in total. The van der Waals surface area contributed by atoms with Gasteiger partial charge in [-0.2, -0.15) is 0 Å². The number of hydrogen-bond acceptors (Lipinski definition) is 6. The number of aliphatic hydroxyl groups excluding tert-OH is 2. The Kier molecular flexibility index (Phi) is 7.77. The molecule has 0 aliphatic rings. The summed E-state index contributed by atoms with van der Waals surface area (Å²) < 4.78 is 15.6. The van der Waals surface area contributed by atoms with Gasteiger partial charge in [-0.25, -0.2) is 4.39 Å². The highest BCUT2D eigenvalue weighted by molar-refractivity contribution is 7.99. The topological polar surface area (TPSA) is 97.2 Å². The third-order valence-electron chi connectivity index (χ3n) is 2.78. The molecule has 0 aliphatic carbocycles. The molecule has 4 N–H and O–H groups in total. The monoisotopic (exact) mass is 348 g/mol. The molecular formula is C13H18ClFN4O2S. The van der Waals surface area contributed by atoms with E-state index in [1.807, 2.05) is 0 Å². The van der Waals surface area contributed by atoms with E-state index in [9.17, 15) is 9.50 Å². The predicted molar refractivity (Wildman–Crippen MR) is 85.1 cm³/mol. The molecule has 0 aliphatic heterocycles. The quantitative estimate of drug-likeness (QED) is 0.640.